The number of fused-ring (bicyclic) bond motifs is 2. The van der Waals surface area contributed by atoms with Crippen LogP contribution in [0.15, 0.2) is 65.4 Å². The van der Waals surface area contributed by atoms with E-state index in [4.69, 9.17) is 9.15 Å². The number of carbonyl (C=O) groups is 2. The molecule has 3 aliphatic heterocycles. The molecule has 2 saturated heterocycles. The van der Waals surface area contributed by atoms with Crippen LogP contribution in [0.5, 0.6) is 0 Å². The highest BCUT2D eigenvalue weighted by atomic mass is 16.5. The summed E-state index contributed by atoms with van der Waals surface area (Å²) in [4.78, 5) is 31.5. The summed E-state index contributed by atoms with van der Waals surface area (Å²) in [6, 6.07) is 11.8. The van der Waals surface area contributed by atoms with E-state index in [-0.39, 0.29) is 17.9 Å². The van der Waals surface area contributed by atoms with E-state index in [2.05, 4.69) is 16.4 Å². The van der Waals surface area contributed by atoms with Crippen LogP contribution in [-0.2, 0) is 27.3 Å². The van der Waals surface area contributed by atoms with E-state index in [0.29, 0.717) is 25.4 Å². The van der Waals surface area contributed by atoms with Gasteiger partial charge in [-0.3, -0.25) is 9.59 Å². The number of carbonyl (C=O) groups excluding carboxylic acids is 2. The molecule has 4 atom stereocenters. The van der Waals surface area contributed by atoms with Gasteiger partial charge in [-0.15, -0.1) is 0 Å². The van der Waals surface area contributed by atoms with Crippen LogP contribution in [0.1, 0.15) is 11.3 Å². The summed E-state index contributed by atoms with van der Waals surface area (Å²) in [5.41, 5.74) is 1.60. The van der Waals surface area contributed by atoms with Gasteiger partial charge in [0.15, 0.2) is 0 Å². The molecule has 0 aliphatic carbocycles. The van der Waals surface area contributed by atoms with Gasteiger partial charge in [0, 0.05) is 23.6 Å². The van der Waals surface area contributed by atoms with E-state index in [0.717, 1.165) is 11.9 Å². The Morgan fingerprint density at radius 2 is 2.16 bits per heavy atom. The third kappa shape index (κ3) is 2.84. The van der Waals surface area contributed by atoms with E-state index in [1.54, 1.807) is 12.3 Å². The van der Waals surface area contributed by atoms with Crippen molar-refractivity contribution in [2.75, 3.05) is 13.1 Å². The maximum Gasteiger partial charge on any atom is 0.230 e. The molecule has 2 amide bonds. The molecule has 5 heterocycles. The van der Waals surface area contributed by atoms with Gasteiger partial charge in [0.2, 0.25) is 11.8 Å². The van der Waals surface area contributed by atoms with Crippen LogP contribution in [0, 0.1) is 11.8 Å². The number of benzene rings is 1. The van der Waals surface area contributed by atoms with Gasteiger partial charge < -0.3 is 24.4 Å². The lowest BCUT2D eigenvalue weighted by atomic mass is 9.77. The van der Waals surface area contributed by atoms with Crippen molar-refractivity contribution in [3.8, 4) is 0 Å². The normalized spacial score (nSPS) is 28.6. The van der Waals surface area contributed by atoms with Crippen molar-refractivity contribution >= 4 is 22.7 Å². The SMILES string of the molecule is O=C(NCc1ccco1)C1C2C(=O)N(CCc3c[nH]c4ccccc34)CC23C=C[C@H]1O3. The summed E-state index contributed by atoms with van der Waals surface area (Å²) < 4.78 is 11.5. The highest BCUT2D eigenvalue weighted by Crippen LogP contribution is 2.51. The highest BCUT2D eigenvalue weighted by molar-refractivity contribution is 5.93. The van der Waals surface area contributed by atoms with E-state index >= 15 is 0 Å². The average molecular weight is 417 g/mol. The molecule has 3 aromatic rings. The second-order valence-corrected chi connectivity index (χ2v) is 8.57. The predicted molar refractivity (Wildman–Crippen MR) is 113 cm³/mol. The topological polar surface area (TPSA) is 87.6 Å². The number of ether oxygens (including phenoxy) is 1. The Hall–Kier alpha value is -3.32. The lowest BCUT2D eigenvalue weighted by Crippen LogP contribution is -2.44. The molecule has 6 rings (SSSR count). The fourth-order valence-electron chi connectivity index (χ4n) is 5.37. The number of H-pyrrole nitrogens is 1. The Kier molecular flexibility index (Phi) is 4.08. The summed E-state index contributed by atoms with van der Waals surface area (Å²) >= 11 is 0. The molecular formula is C24H23N3O4. The number of likely N-dealkylation sites (tertiary alicyclic amines) is 1. The number of aromatic amines is 1. The second-order valence-electron chi connectivity index (χ2n) is 8.57. The summed E-state index contributed by atoms with van der Waals surface area (Å²) in [6.07, 6.45) is 7.91. The number of amides is 2. The van der Waals surface area contributed by atoms with E-state index in [1.807, 2.05) is 47.5 Å². The van der Waals surface area contributed by atoms with Crippen molar-refractivity contribution in [3.63, 3.8) is 0 Å². The summed E-state index contributed by atoms with van der Waals surface area (Å²) in [5.74, 6) is -0.456. The monoisotopic (exact) mass is 417 g/mol. The zero-order chi connectivity index (χ0) is 21.0. The largest absolute Gasteiger partial charge is 0.467 e. The van der Waals surface area contributed by atoms with Gasteiger partial charge in [-0.2, -0.15) is 0 Å². The molecule has 7 heteroatoms. The molecule has 2 fully saturated rings. The van der Waals surface area contributed by atoms with Gasteiger partial charge in [0.25, 0.3) is 0 Å². The van der Waals surface area contributed by atoms with Crippen molar-refractivity contribution in [1.29, 1.82) is 0 Å². The van der Waals surface area contributed by atoms with E-state index in [1.165, 1.54) is 10.9 Å². The van der Waals surface area contributed by atoms with Crippen molar-refractivity contribution in [3.05, 3.63) is 72.3 Å². The molecule has 1 aromatic carbocycles. The van der Waals surface area contributed by atoms with Crippen molar-refractivity contribution in [1.82, 2.24) is 15.2 Å². The summed E-state index contributed by atoms with van der Waals surface area (Å²) in [6.45, 7) is 1.40. The molecule has 31 heavy (non-hydrogen) atoms. The van der Waals surface area contributed by atoms with Crippen LogP contribution in [0.3, 0.4) is 0 Å². The second kappa shape index (κ2) is 6.85. The zero-order valence-corrected chi connectivity index (χ0v) is 16.9. The molecule has 2 bridgehead atoms. The fourth-order valence-corrected chi connectivity index (χ4v) is 5.37. The number of para-hydroxylation sites is 1. The fraction of sp³-hybridized carbons (Fsp3) is 0.333. The number of hydrogen-bond donors (Lipinski definition) is 2. The molecule has 1 spiro atoms. The standard InChI is InChI=1S/C24H23N3O4/c28-22(26-13-16-4-3-11-30-16)20-19-7-9-24(31-19)14-27(23(29)21(20)24)10-8-15-12-25-18-6-2-1-5-17(15)18/h1-7,9,11-12,19-21,25H,8,10,13-14H2,(H,26,28)/t19-,20?,21?,24?/m1/s1. The zero-order valence-electron chi connectivity index (χ0n) is 16.9. The number of nitrogens with one attached hydrogen (secondary N) is 2. The third-order valence-corrected chi connectivity index (χ3v) is 6.82. The first-order valence-electron chi connectivity index (χ1n) is 10.7. The van der Waals surface area contributed by atoms with Gasteiger partial charge in [0.1, 0.15) is 11.4 Å². The minimum atomic E-state index is -0.686. The quantitative estimate of drug-likeness (QED) is 0.603. The Bertz CT molecular complexity index is 1180. The van der Waals surface area contributed by atoms with Crippen LogP contribution in [0.4, 0.5) is 0 Å². The molecule has 3 aliphatic rings. The van der Waals surface area contributed by atoms with E-state index in [9.17, 15) is 9.59 Å². The van der Waals surface area contributed by atoms with Crippen molar-refractivity contribution in [2.45, 2.75) is 24.7 Å². The van der Waals surface area contributed by atoms with Crippen LogP contribution in [0.2, 0.25) is 0 Å². The lowest BCUT2D eigenvalue weighted by molar-refractivity contribution is -0.137. The summed E-state index contributed by atoms with van der Waals surface area (Å²) in [5, 5.41) is 4.09. The average Bonchev–Trinajstić information content (AvgIpc) is 3.58. The molecule has 0 radical (unpaired) electrons. The maximum absolute atomic E-state index is 13.3. The van der Waals surface area contributed by atoms with Gasteiger partial charge in [0.05, 0.1) is 37.3 Å². The first-order valence-corrected chi connectivity index (χ1v) is 10.7. The lowest BCUT2D eigenvalue weighted by Gasteiger charge is -2.23. The maximum atomic E-state index is 13.3. The Morgan fingerprint density at radius 3 is 3.03 bits per heavy atom. The highest BCUT2D eigenvalue weighted by Gasteiger charge is 2.66. The third-order valence-electron chi connectivity index (χ3n) is 6.82. The first kappa shape index (κ1) is 18.4. The van der Waals surface area contributed by atoms with E-state index < -0.39 is 17.4 Å². The molecule has 3 unspecified atom stereocenters. The minimum Gasteiger partial charge on any atom is -0.467 e. The van der Waals surface area contributed by atoms with Gasteiger partial charge >= 0.3 is 0 Å². The molecular weight excluding hydrogens is 394 g/mol. The molecule has 2 N–H and O–H groups in total. The molecule has 2 aromatic heterocycles. The number of aromatic nitrogens is 1. The number of rotatable bonds is 6. The first-order chi connectivity index (χ1) is 15.1. The Morgan fingerprint density at radius 1 is 1.26 bits per heavy atom. The smallest absolute Gasteiger partial charge is 0.230 e. The number of furan rings is 1. The Balaban J connectivity index is 1.17. The van der Waals surface area contributed by atoms with Gasteiger partial charge in [-0.25, -0.2) is 0 Å². The van der Waals surface area contributed by atoms with Crippen LogP contribution in [-0.4, -0.2) is 46.5 Å². The van der Waals surface area contributed by atoms with Crippen LogP contribution >= 0.6 is 0 Å². The predicted octanol–water partition coefficient (Wildman–Crippen LogP) is 2.40. The molecule has 158 valence electrons. The molecule has 0 saturated carbocycles. The van der Waals surface area contributed by atoms with Gasteiger partial charge in [-0.05, 0) is 30.2 Å². The number of nitrogens with zero attached hydrogens (tertiary/aromatic N) is 1. The molecule has 7 nitrogen and oxygen atoms in total. The van der Waals surface area contributed by atoms with Crippen LogP contribution < -0.4 is 5.32 Å². The number of hydrogen-bond acceptors (Lipinski definition) is 4. The van der Waals surface area contributed by atoms with Gasteiger partial charge in [-0.1, -0.05) is 30.4 Å². The Labute approximate surface area is 179 Å². The van der Waals surface area contributed by atoms with Crippen molar-refractivity contribution < 1.29 is 18.7 Å². The minimum absolute atomic E-state index is 0.00448. The summed E-state index contributed by atoms with van der Waals surface area (Å²) in [7, 11) is 0. The van der Waals surface area contributed by atoms with Crippen molar-refractivity contribution in [2.24, 2.45) is 11.8 Å². The van der Waals surface area contributed by atoms with Crippen LogP contribution in [0.25, 0.3) is 10.9 Å².